The van der Waals surface area contributed by atoms with E-state index in [1.165, 1.54) is 13.2 Å². The van der Waals surface area contributed by atoms with Crippen LogP contribution in [-0.4, -0.2) is 22.1 Å². The summed E-state index contributed by atoms with van der Waals surface area (Å²) in [5, 5.41) is 0. The van der Waals surface area contributed by atoms with Gasteiger partial charge in [0.1, 0.15) is 5.75 Å². The molecule has 0 radical (unpaired) electrons. The summed E-state index contributed by atoms with van der Waals surface area (Å²) in [5.41, 5.74) is -0.343. The van der Waals surface area contributed by atoms with Gasteiger partial charge in [-0.3, -0.25) is 0 Å². The molecule has 0 aliphatic rings. The lowest BCUT2D eigenvalue weighted by molar-refractivity contribution is -0.139. The van der Waals surface area contributed by atoms with Gasteiger partial charge in [-0.05, 0) is 36.2 Å². The highest BCUT2D eigenvalue weighted by Crippen LogP contribution is 2.33. The number of rotatable bonds is 6. The molecule has 0 saturated heterocycles. The topological polar surface area (TPSA) is 55.4 Å². The molecule has 0 aromatic heterocycles. The monoisotopic (exact) mass is 359 g/mol. The first-order valence-electron chi connectivity index (χ1n) is 7.03. The summed E-state index contributed by atoms with van der Waals surface area (Å²) in [6.45, 7) is -0.0130. The number of ether oxygens (including phenoxy) is 1. The number of halogens is 3. The Bertz CT molecular complexity index is 787. The molecule has 130 valence electrons. The highest BCUT2D eigenvalue weighted by atomic mass is 32.2. The summed E-state index contributed by atoms with van der Waals surface area (Å²) >= 11 is 0. The fourth-order valence-electron chi connectivity index (χ4n) is 2.13. The van der Waals surface area contributed by atoms with E-state index in [2.05, 4.69) is 4.72 Å². The number of alkyl halides is 3. The highest BCUT2D eigenvalue weighted by molar-refractivity contribution is 7.89. The predicted octanol–water partition coefficient (Wildman–Crippen LogP) is 3.24. The van der Waals surface area contributed by atoms with Gasteiger partial charge in [0.2, 0.25) is 10.0 Å². The third kappa shape index (κ3) is 4.48. The third-order valence-electron chi connectivity index (χ3n) is 3.35. The van der Waals surface area contributed by atoms with E-state index in [9.17, 15) is 21.6 Å². The number of hydrogen-bond acceptors (Lipinski definition) is 3. The summed E-state index contributed by atoms with van der Waals surface area (Å²) in [5.74, 6) is 0.665. The summed E-state index contributed by atoms with van der Waals surface area (Å²) in [6.07, 6.45) is -4.39. The standard InChI is InChI=1S/C16H16F3NO3S/c1-23-13-8-6-12(7-9-13)10-11-20-24(21,22)15-5-3-2-4-14(15)16(17,18)19/h2-9,20H,10-11H2,1H3. The first kappa shape index (κ1) is 18.3. The minimum atomic E-state index is -4.73. The largest absolute Gasteiger partial charge is 0.497 e. The summed E-state index contributed by atoms with van der Waals surface area (Å²) in [4.78, 5) is -0.771. The van der Waals surface area contributed by atoms with Crippen molar-refractivity contribution in [1.82, 2.24) is 4.72 Å². The molecule has 0 aliphatic heterocycles. The fraction of sp³-hybridized carbons (Fsp3) is 0.250. The lowest BCUT2D eigenvalue weighted by Crippen LogP contribution is -2.28. The van der Waals surface area contributed by atoms with Crippen LogP contribution < -0.4 is 9.46 Å². The van der Waals surface area contributed by atoms with E-state index in [0.717, 1.165) is 23.8 Å². The molecule has 8 heteroatoms. The second kappa shape index (κ2) is 7.23. The van der Waals surface area contributed by atoms with Gasteiger partial charge in [-0.2, -0.15) is 13.2 Å². The van der Waals surface area contributed by atoms with Crippen molar-refractivity contribution in [2.24, 2.45) is 0 Å². The van der Waals surface area contributed by atoms with Crippen LogP contribution in [0.25, 0.3) is 0 Å². The molecule has 24 heavy (non-hydrogen) atoms. The molecule has 2 aromatic rings. The minimum Gasteiger partial charge on any atom is -0.497 e. The second-order valence-electron chi connectivity index (χ2n) is 4.99. The van der Waals surface area contributed by atoms with E-state index in [1.54, 1.807) is 24.3 Å². The molecule has 0 saturated carbocycles. The van der Waals surface area contributed by atoms with E-state index >= 15 is 0 Å². The van der Waals surface area contributed by atoms with E-state index < -0.39 is 26.7 Å². The molecule has 1 N–H and O–H groups in total. The number of nitrogens with one attached hydrogen (secondary N) is 1. The predicted molar refractivity (Wildman–Crippen MR) is 83.3 cm³/mol. The van der Waals surface area contributed by atoms with Gasteiger partial charge in [0.05, 0.1) is 17.6 Å². The Morgan fingerprint density at radius 3 is 2.25 bits per heavy atom. The number of methoxy groups -OCH3 is 1. The Morgan fingerprint density at radius 1 is 1.04 bits per heavy atom. The molecule has 2 aromatic carbocycles. The molecule has 0 aliphatic carbocycles. The van der Waals surface area contributed by atoms with Crippen molar-refractivity contribution in [1.29, 1.82) is 0 Å². The van der Waals surface area contributed by atoms with Crippen LogP contribution in [0.5, 0.6) is 5.75 Å². The van der Waals surface area contributed by atoms with Crippen LogP contribution in [0, 0.1) is 0 Å². The van der Waals surface area contributed by atoms with Crippen LogP contribution in [0.3, 0.4) is 0 Å². The average Bonchev–Trinajstić information content (AvgIpc) is 2.54. The zero-order valence-corrected chi connectivity index (χ0v) is 13.6. The maximum atomic E-state index is 12.9. The van der Waals surface area contributed by atoms with Crippen LogP contribution in [0.15, 0.2) is 53.4 Å². The maximum Gasteiger partial charge on any atom is 0.417 e. The molecule has 0 spiro atoms. The van der Waals surface area contributed by atoms with Gasteiger partial charge in [-0.15, -0.1) is 0 Å². The molecule has 0 fully saturated rings. The molecular weight excluding hydrogens is 343 g/mol. The number of benzene rings is 2. The van der Waals surface area contributed by atoms with E-state index in [1.807, 2.05) is 0 Å². The van der Waals surface area contributed by atoms with Gasteiger partial charge in [0.25, 0.3) is 0 Å². The lowest BCUT2D eigenvalue weighted by atomic mass is 10.1. The Labute approximate surface area is 138 Å². The molecular formula is C16H16F3NO3S. The summed E-state index contributed by atoms with van der Waals surface area (Å²) in [6, 6.07) is 11.1. The molecule has 0 bridgehead atoms. The number of hydrogen-bond donors (Lipinski definition) is 1. The third-order valence-corrected chi connectivity index (χ3v) is 4.87. The van der Waals surface area contributed by atoms with Crippen molar-refractivity contribution >= 4 is 10.0 Å². The minimum absolute atomic E-state index is 0.0130. The quantitative estimate of drug-likeness (QED) is 0.862. The van der Waals surface area contributed by atoms with Gasteiger partial charge in [-0.1, -0.05) is 24.3 Å². The first-order valence-corrected chi connectivity index (χ1v) is 8.51. The SMILES string of the molecule is COc1ccc(CCNS(=O)(=O)c2ccccc2C(F)(F)F)cc1. The van der Waals surface area contributed by atoms with Crippen molar-refractivity contribution < 1.29 is 26.3 Å². The summed E-state index contributed by atoms with van der Waals surface area (Å²) in [7, 11) is -2.72. The Morgan fingerprint density at radius 2 is 1.67 bits per heavy atom. The second-order valence-corrected chi connectivity index (χ2v) is 6.73. The van der Waals surface area contributed by atoms with Crippen molar-refractivity contribution in [3.05, 3.63) is 59.7 Å². The van der Waals surface area contributed by atoms with Gasteiger partial charge in [0.15, 0.2) is 0 Å². The van der Waals surface area contributed by atoms with Crippen LogP contribution in [0.2, 0.25) is 0 Å². The molecule has 2 rings (SSSR count). The molecule has 4 nitrogen and oxygen atoms in total. The molecule has 0 unspecified atom stereocenters. The smallest absolute Gasteiger partial charge is 0.417 e. The normalized spacial score (nSPS) is 12.2. The van der Waals surface area contributed by atoms with Gasteiger partial charge in [-0.25, -0.2) is 13.1 Å². The van der Waals surface area contributed by atoms with Gasteiger partial charge < -0.3 is 4.74 Å². The average molecular weight is 359 g/mol. The Hall–Kier alpha value is -2.06. The van der Waals surface area contributed by atoms with E-state index in [0.29, 0.717) is 12.2 Å². The van der Waals surface area contributed by atoms with Gasteiger partial charge in [0, 0.05) is 6.54 Å². The van der Waals surface area contributed by atoms with Crippen LogP contribution in [0.1, 0.15) is 11.1 Å². The first-order chi connectivity index (χ1) is 11.2. The van der Waals surface area contributed by atoms with Crippen molar-refractivity contribution in [2.45, 2.75) is 17.5 Å². The maximum absolute atomic E-state index is 12.9. The van der Waals surface area contributed by atoms with E-state index in [-0.39, 0.29) is 6.54 Å². The molecule has 0 amide bonds. The van der Waals surface area contributed by atoms with Crippen LogP contribution >= 0.6 is 0 Å². The highest BCUT2D eigenvalue weighted by Gasteiger charge is 2.36. The van der Waals surface area contributed by atoms with Crippen molar-refractivity contribution in [2.75, 3.05) is 13.7 Å². The van der Waals surface area contributed by atoms with Crippen molar-refractivity contribution in [3.8, 4) is 5.75 Å². The Balaban J connectivity index is 2.09. The zero-order chi connectivity index (χ0) is 17.8. The number of sulfonamides is 1. The zero-order valence-electron chi connectivity index (χ0n) is 12.8. The summed E-state index contributed by atoms with van der Waals surface area (Å²) < 4.78 is 70.3. The van der Waals surface area contributed by atoms with Gasteiger partial charge >= 0.3 is 6.18 Å². The fourth-order valence-corrected chi connectivity index (χ4v) is 3.39. The van der Waals surface area contributed by atoms with Crippen molar-refractivity contribution in [3.63, 3.8) is 0 Å². The Kier molecular flexibility index (Phi) is 5.51. The van der Waals surface area contributed by atoms with Crippen LogP contribution in [-0.2, 0) is 22.6 Å². The van der Waals surface area contributed by atoms with Crippen LogP contribution in [0.4, 0.5) is 13.2 Å². The lowest BCUT2D eigenvalue weighted by Gasteiger charge is -2.13. The van der Waals surface area contributed by atoms with E-state index in [4.69, 9.17) is 4.74 Å². The molecule has 0 atom stereocenters. The molecule has 0 heterocycles.